The van der Waals surface area contributed by atoms with E-state index in [-0.39, 0.29) is 36.6 Å². The molecule has 0 atom stereocenters. The summed E-state index contributed by atoms with van der Waals surface area (Å²) in [5.41, 5.74) is -1.23. The van der Waals surface area contributed by atoms with Gasteiger partial charge in [-0.3, -0.25) is 10.1 Å². The van der Waals surface area contributed by atoms with Crippen molar-refractivity contribution in [1.82, 2.24) is 8.61 Å². The Morgan fingerprint density at radius 2 is 1.47 bits per heavy atom. The number of nitro benzene ring substituents is 1. The molecule has 0 radical (unpaired) electrons. The van der Waals surface area contributed by atoms with Gasteiger partial charge in [0.15, 0.2) is 0 Å². The van der Waals surface area contributed by atoms with Gasteiger partial charge in [0.2, 0.25) is 20.0 Å². The highest BCUT2D eigenvalue weighted by Crippen LogP contribution is 2.32. The average molecular weight is 493 g/mol. The highest BCUT2D eigenvalue weighted by atomic mass is 32.2. The summed E-state index contributed by atoms with van der Waals surface area (Å²) >= 11 is 0. The lowest BCUT2D eigenvalue weighted by Crippen LogP contribution is -2.50. The molecule has 0 amide bonds. The largest absolute Gasteiger partial charge is 0.416 e. The van der Waals surface area contributed by atoms with Crippen molar-refractivity contribution in [1.29, 1.82) is 0 Å². The number of nitrogens with zero attached hydrogens (tertiary/aromatic N) is 3. The highest BCUT2D eigenvalue weighted by Gasteiger charge is 2.36. The second kappa shape index (κ2) is 8.42. The van der Waals surface area contributed by atoms with Gasteiger partial charge in [0.25, 0.3) is 5.69 Å². The first-order chi connectivity index (χ1) is 14.7. The number of aryl methyl sites for hydroxylation is 1. The fourth-order valence-corrected chi connectivity index (χ4v) is 6.39. The fraction of sp³-hybridized carbons (Fsp3) is 0.333. The summed E-state index contributed by atoms with van der Waals surface area (Å²) in [5.74, 6) is 0. The van der Waals surface area contributed by atoms with Crippen LogP contribution in [0, 0.1) is 17.0 Å². The number of non-ortho nitro benzene ring substituents is 1. The maximum absolute atomic E-state index is 13.0. The van der Waals surface area contributed by atoms with Gasteiger partial charge in [-0.05, 0) is 30.7 Å². The summed E-state index contributed by atoms with van der Waals surface area (Å²) in [4.78, 5) is 9.46. The molecule has 1 fully saturated rings. The molecule has 0 bridgehead atoms. The van der Waals surface area contributed by atoms with Gasteiger partial charge >= 0.3 is 6.18 Å². The molecular formula is C18H18F3N3O6S2. The molecule has 3 rings (SSSR count). The third-order valence-corrected chi connectivity index (χ3v) is 8.93. The molecule has 0 unspecified atom stereocenters. The smallest absolute Gasteiger partial charge is 0.258 e. The molecular weight excluding hydrogens is 475 g/mol. The Morgan fingerprint density at radius 3 is 2.00 bits per heavy atom. The average Bonchev–Trinajstić information content (AvgIpc) is 2.73. The molecule has 2 aromatic rings. The highest BCUT2D eigenvalue weighted by molar-refractivity contribution is 7.89. The minimum absolute atomic E-state index is 0.261. The zero-order valence-electron chi connectivity index (χ0n) is 16.6. The molecule has 14 heteroatoms. The van der Waals surface area contributed by atoms with Crippen molar-refractivity contribution in [3.05, 3.63) is 63.7 Å². The van der Waals surface area contributed by atoms with E-state index in [1.165, 1.54) is 19.1 Å². The molecule has 9 nitrogen and oxygen atoms in total. The molecule has 0 N–H and O–H groups in total. The Labute approximate surface area is 182 Å². The van der Waals surface area contributed by atoms with Crippen molar-refractivity contribution in [2.24, 2.45) is 0 Å². The van der Waals surface area contributed by atoms with Gasteiger partial charge in [-0.2, -0.15) is 21.8 Å². The molecule has 1 heterocycles. The summed E-state index contributed by atoms with van der Waals surface area (Å²) in [6.45, 7) is 0.383. The molecule has 0 aromatic heterocycles. The molecule has 0 aliphatic carbocycles. The number of hydrogen-bond acceptors (Lipinski definition) is 6. The van der Waals surface area contributed by atoms with Gasteiger partial charge in [0.05, 0.1) is 20.3 Å². The van der Waals surface area contributed by atoms with Gasteiger partial charge in [-0.15, -0.1) is 0 Å². The van der Waals surface area contributed by atoms with Gasteiger partial charge < -0.3 is 0 Å². The number of halogens is 3. The number of piperazine rings is 1. The third kappa shape index (κ3) is 4.62. The SMILES string of the molecule is Cc1ccc([N+](=O)[O-])cc1S(=O)(=O)N1CCN(S(=O)(=O)c2cccc(C(F)(F)F)c2)CC1. The number of sulfonamides is 2. The lowest BCUT2D eigenvalue weighted by atomic mass is 10.2. The minimum Gasteiger partial charge on any atom is -0.258 e. The van der Waals surface area contributed by atoms with E-state index >= 15 is 0 Å². The zero-order valence-corrected chi connectivity index (χ0v) is 18.2. The van der Waals surface area contributed by atoms with Gasteiger partial charge in [-0.1, -0.05) is 12.1 Å². The predicted molar refractivity (Wildman–Crippen MR) is 107 cm³/mol. The van der Waals surface area contributed by atoms with Crippen molar-refractivity contribution in [3.8, 4) is 0 Å². The number of benzene rings is 2. The Hall–Kier alpha value is -2.55. The number of nitro groups is 1. The number of alkyl halides is 3. The maximum atomic E-state index is 13.0. The van der Waals surface area contributed by atoms with Crippen LogP contribution in [-0.2, 0) is 26.2 Å². The van der Waals surface area contributed by atoms with Crippen molar-refractivity contribution in [2.45, 2.75) is 22.9 Å². The monoisotopic (exact) mass is 493 g/mol. The van der Waals surface area contributed by atoms with Crippen LogP contribution in [0.4, 0.5) is 18.9 Å². The van der Waals surface area contributed by atoms with E-state index < -0.39 is 47.3 Å². The molecule has 32 heavy (non-hydrogen) atoms. The van der Waals surface area contributed by atoms with Gasteiger partial charge in [0, 0.05) is 38.3 Å². The van der Waals surface area contributed by atoms with Crippen LogP contribution in [0.3, 0.4) is 0 Å². The maximum Gasteiger partial charge on any atom is 0.416 e. The zero-order chi connectivity index (χ0) is 23.9. The minimum atomic E-state index is -4.71. The Balaban J connectivity index is 1.82. The molecule has 1 aliphatic rings. The number of hydrogen-bond donors (Lipinski definition) is 0. The van der Waals surface area contributed by atoms with Crippen LogP contribution in [0.25, 0.3) is 0 Å². The fourth-order valence-electron chi connectivity index (χ4n) is 3.25. The second-order valence-corrected chi connectivity index (χ2v) is 10.9. The molecule has 0 spiro atoms. The topological polar surface area (TPSA) is 118 Å². The van der Waals surface area contributed by atoms with Crippen LogP contribution >= 0.6 is 0 Å². The first kappa shape index (κ1) is 24.1. The first-order valence-corrected chi connectivity index (χ1v) is 12.1. The van der Waals surface area contributed by atoms with Crippen LogP contribution < -0.4 is 0 Å². The van der Waals surface area contributed by atoms with Crippen LogP contribution in [0.1, 0.15) is 11.1 Å². The van der Waals surface area contributed by atoms with E-state index in [4.69, 9.17) is 0 Å². The van der Waals surface area contributed by atoms with E-state index in [1.54, 1.807) is 0 Å². The predicted octanol–water partition coefficient (Wildman–Crippen LogP) is 2.62. The van der Waals surface area contributed by atoms with Crippen molar-refractivity contribution in [2.75, 3.05) is 26.2 Å². The van der Waals surface area contributed by atoms with Crippen molar-refractivity contribution < 1.29 is 34.9 Å². The van der Waals surface area contributed by atoms with E-state index in [1.807, 2.05) is 0 Å². The van der Waals surface area contributed by atoms with E-state index in [0.717, 1.165) is 32.9 Å². The number of rotatable bonds is 5. The lowest BCUT2D eigenvalue weighted by Gasteiger charge is -2.33. The second-order valence-electron chi connectivity index (χ2n) is 7.04. The molecule has 2 aromatic carbocycles. The van der Waals surface area contributed by atoms with E-state index in [9.17, 15) is 40.1 Å². The summed E-state index contributed by atoms with van der Waals surface area (Å²) < 4.78 is 92.2. The van der Waals surface area contributed by atoms with E-state index in [2.05, 4.69) is 0 Å². The van der Waals surface area contributed by atoms with Gasteiger partial charge in [0.1, 0.15) is 0 Å². The molecule has 0 saturated carbocycles. The normalized spacial score (nSPS) is 16.8. The summed E-state index contributed by atoms with van der Waals surface area (Å²) in [5, 5.41) is 11.0. The van der Waals surface area contributed by atoms with Crippen LogP contribution in [-0.4, -0.2) is 56.5 Å². The third-order valence-electron chi connectivity index (χ3n) is 5.00. The first-order valence-electron chi connectivity index (χ1n) is 9.17. The summed E-state index contributed by atoms with van der Waals surface area (Å²) in [7, 11) is -8.43. The summed E-state index contributed by atoms with van der Waals surface area (Å²) in [6.07, 6.45) is -4.71. The summed E-state index contributed by atoms with van der Waals surface area (Å²) in [6, 6.07) is 6.74. The van der Waals surface area contributed by atoms with Crippen LogP contribution in [0.15, 0.2) is 52.3 Å². The Bertz CT molecular complexity index is 1250. The van der Waals surface area contributed by atoms with E-state index in [0.29, 0.717) is 6.07 Å². The van der Waals surface area contributed by atoms with Crippen molar-refractivity contribution >= 4 is 25.7 Å². The standard InChI is InChI=1S/C18H18F3N3O6S2/c1-13-5-6-15(24(25)26)12-17(13)32(29,30)23-9-7-22(8-10-23)31(27,28)16-4-2-3-14(11-16)18(19,20)21/h2-6,11-12H,7-10H2,1H3. The molecule has 1 aliphatic heterocycles. The van der Waals surface area contributed by atoms with Crippen molar-refractivity contribution in [3.63, 3.8) is 0 Å². The quantitative estimate of drug-likeness (QED) is 0.467. The Kier molecular flexibility index (Phi) is 6.34. The lowest BCUT2D eigenvalue weighted by molar-refractivity contribution is -0.385. The van der Waals surface area contributed by atoms with Gasteiger partial charge in [-0.25, -0.2) is 16.8 Å². The molecule has 174 valence electrons. The molecule has 1 saturated heterocycles. The van der Waals surface area contributed by atoms with Crippen LogP contribution in [0.5, 0.6) is 0 Å². The van der Waals surface area contributed by atoms with Crippen LogP contribution in [0.2, 0.25) is 0 Å². The Morgan fingerprint density at radius 1 is 0.906 bits per heavy atom.